The summed E-state index contributed by atoms with van der Waals surface area (Å²) in [5.74, 6) is -1.87. The number of carbonyl (C=O) groups excluding carboxylic acids is 1. The van der Waals surface area contributed by atoms with Crippen LogP contribution in [0.5, 0.6) is 0 Å². The molecule has 5 N–H and O–H groups in total. The number of rotatable bonds is 6. The molecule has 19 heavy (non-hydrogen) atoms. The fourth-order valence-corrected chi connectivity index (χ4v) is 2.29. The Morgan fingerprint density at radius 1 is 1.53 bits per heavy atom. The van der Waals surface area contributed by atoms with Crippen molar-refractivity contribution in [1.29, 1.82) is 0 Å². The maximum atomic E-state index is 12.1. The zero-order valence-corrected chi connectivity index (χ0v) is 11.5. The van der Waals surface area contributed by atoms with Gasteiger partial charge in [-0.2, -0.15) is 0 Å². The first-order valence-corrected chi connectivity index (χ1v) is 6.25. The van der Waals surface area contributed by atoms with Gasteiger partial charge in [0.25, 0.3) is 0 Å². The molecule has 7 nitrogen and oxygen atoms in total. The van der Waals surface area contributed by atoms with E-state index in [4.69, 9.17) is 20.7 Å². The van der Waals surface area contributed by atoms with Crippen molar-refractivity contribution in [1.82, 2.24) is 5.32 Å². The summed E-state index contributed by atoms with van der Waals surface area (Å²) in [4.78, 5) is 22.9. The number of carboxylic acids is 1. The van der Waals surface area contributed by atoms with Crippen LogP contribution in [0.3, 0.4) is 0 Å². The van der Waals surface area contributed by atoms with Crippen molar-refractivity contribution in [3.05, 3.63) is 0 Å². The molecule has 1 saturated carbocycles. The molecule has 0 saturated heterocycles. The number of nitrogens with two attached hydrogens (primary N) is 1. The second kappa shape index (κ2) is 5.44. The maximum Gasteiger partial charge on any atom is 0.328 e. The van der Waals surface area contributed by atoms with Gasteiger partial charge in [0, 0.05) is 18.4 Å². The summed E-state index contributed by atoms with van der Waals surface area (Å²) < 4.78 is 5.49. The zero-order valence-electron chi connectivity index (χ0n) is 11.5. The molecule has 0 spiro atoms. The van der Waals surface area contributed by atoms with E-state index in [2.05, 4.69) is 5.32 Å². The second-order valence-corrected chi connectivity index (χ2v) is 5.39. The minimum absolute atomic E-state index is 0.134. The Kier molecular flexibility index (Phi) is 4.54. The SMILES string of the molecule is CCOC1CC(N)(C(=O)NC(CO)C(=O)O)C1(C)C. The average molecular weight is 274 g/mol. The van der Waals surface area contributed by atoms with E-state index in [1.807, 2.05) is 20.8 Å². The van der Waals surface area contributed by atoms with Gasteiger partial charge >= 0.3 is 5.97 Å². The standard InChI is InChI=1S/C12H22N2O5/c1-4-19-8-5-12(13,11(8,2)3)10(18)14-7(6-15)9(16)17/h7-8,15H,4-6,13H2,1-3H3,(H,14,18)(H,16,17). The van der Waals surface area contributed by atoms with Gasteiger partial charge in [0.05, 0.1) is 12.7 Å². The molecule has 1 rings (SSSR count). The van der Waals surface area contributed by atoms with E-state index >= 15 is 0 Å². The molecule has 3 atom stereocenters. The topological polar surface area (TPSA) is 122 Å². The van der Waals surface area contributed by atoms with E-state index in [0.717, 1.165) is 0 Å². The normalized spacial score (nSPS) is 30.3. The van der Waals surface area contributed by atoms with Crippen LogP contribution in [-0.2, 0) is 14.3 Å². The summed E-state index contributed by atoms with van der Waals surface area (Å²) >= 11 is 0. The highest BCUT2D eigenvalue weighted by atomic mass is 16.5. The number of amides is 1. The van der Waals surface area contributed by atoms with Gasteiger partial charge in [-0.25, -0.2) is 4.79 Å². The van der Waals surface area contributed by atoms with Crippen LogP contribution in [0.4, 0.5) is 0 Å². The number of nitrogens with one attached hydrogen (secondary N) is 1. The molecule has 1 aliphatic rings. The third-order valence-electron chi connectivity index (χ3n) is 4.02. The Hall–Kier alpha value is -1.18. The summed E-state index contributed by atoms with van der Waals surface area (Å²) in [6.07, 6.45) is 0.197. The van der Waals surface area contributed by atoms with Crippen LogP contribution >= 0.6 is 0 Å². The van der Waals surface area contributed by atoms with Gasteiger partial charge in [0.1, 0.15) is 11.6 Å². The van der Waals surface area contributed by atoms with E-state index in [9.17, 15) is 9.59 Å². The smallest absolute Gasteiger partial charge is 0.328 e. The first kappa shape index (κ1) is 15.9. The molecule has 1 aliphatic carbocycles. The van der Waals surface area contributed by atoms with Gasteiger partial charge in [-0.15, -0.1) is 0 Å². The summed E-state index contributed by atoms with van der Waals surface area (Å²) in [5.41, 5.74) is 4.30. The van der Waals surface area contributed by atoms with E-state index < -0.39 is 35.5 Å². The van der Waals surface area contributed by atoms with E-state index in [1.165, 1.54) is 0 Å². The Morgan fingerprint density at radius 2 is 2.11 bits per heavy atom. The van der Waals surface area contributed by atoms with Crippen molar-refractivity contribution in [3.8, 4) is 0 Å². The van der Waals surface area contributed by atoms with Gasteiger partial charge < -0.3 is 26.0 Å². The lowest BCUT2D eigenvalue weighted by Crippen LogP contribution is -2.76. The monoisotopic (exact) mass is 274 g/mol. The molecule has 0 aliphatic heterocycles. The second-order valence-electron chi connectivity index (χ2n) is 5.39. The van der Waals surface area contributed by atoms with Crippen molar-refractivity contribution in [2.24, 2.45) is 11.1 Å². The molecule has 0 radical (unpaired) electrons. The lowest BCUT2D eigenvalue weighted by molar-refractivity contribution is -0.172. The van der Waals surface area contributed by atoms with Crippen molar-refractivity contribution in [2.45, 2.75) is 44.9 Å². The molecule has 3 unspecified atom stereocenters. The summed E-state index contributed by atoms with van der Waals surface area (Å²) in [5, 5.41) is 20.0. The quantitative estimate of drug-likeness (QED) is 0.497. The summed E-state index contributed by atoms with van der Waals surface area (Å²) in [6.45, 7) is 5.34. The van der Waals surface area contributed by atoms with Gasteiger partial charge in [-0.3, -0.25) is 4.79 Å². The van der Waals surface area contributed by atoms with Crippen LogP contribution in [0.15, 0.2) is 0 Å². The Labute approximate surface area is 112 Å². The number of hydrogen-bond acceptors (Lipinski definition) is 5. The molecular weight excluding hydrogens is 252 g/mol. The first-order valence-electron chi connectivity index (χ1n) is 6.25. The number of carbonyl (C=O) groups is 2. The first-order chi connectivity index (χ1) is 8.70. The Bertz CT molecular complexity index is 371. The number of aliphatic carboxylic acids is 1. The van der Waals surface area contributed by atoms with Gasteiger partial charge in [-0.05, 0) is 6.92 Å². The highest BCUT2D eigenvalue weighted by Crippen LogP contribution is 2.49. The van der Waals surface area contributed by atoms with Crippen LogP contribution in [-0.4, -0.2) is 53.0 Å². The van der Waals surface area contributed by atoms with Crippen molar-refractivity contribution >= 4 is 11.9 Å². The number of ether oxygens (including phenoxy) is 1. The third kappa shape index (κ3) is 2.58. The molecule has 1 amide bonds. The molecular formula is C12H22N2O5. The molecule has 0 aromatic carbocycles. The molecule has 7 heteroatoms. The molecule has 1 fully saturated rings. The minimum Gasteiger partial charge on any atom is -0.480 e. The summed E-state index contributed by atoms with van der Waals surface area (Å²) in [7, 11) is 0. The molecule has 0 aromatic heterocycles. The lowest BCUT2D eigenvalue weighted by Gasteiger charge is -2.57. The number of hydrogen-bond donors (Lipinski definition) is 4. The Morgan fingerprint density at radius 3 is 2.47 bits per heavy atom. The van der Waals surface area contributed by atoms with E-state index in [-0.39, 0.29) is 6.10 Å². The van der Waals surface area contributed by atoms with Gasteiger partial charge in [0.2, 0.25) is 5.91 Å². The molecule has 110 valence electrons. The van der Waals surface area contributed by atoms with Crippen LogP contribution in [0.25, 0.3) is 0 Å². The fourth-order valence-electron chi connectivity index (χ4n) is 2.29. The predicted octanol–water partition coefficient (Wildman–Crippen LogP) is -0.919. The van der Waals surface area contributed by atoms with Crippen LogP contribution in [0.2, 0.25) is 0 Å². The Balaban J connectivity index is 2.75. The van der Waals surface area contributed by atoms with E-state index in [0.29, 0.717) is 13.0 Å². The highest BCUT2D eigenvalue weighted by molar-refractivity contribution is 5.92. The minimum atomic E-state index is -1.34. The number of carboxylic acid groups (broad SMARTS) is 1. The molecule has 0 heterocycles. The van der Waals surface area contributed by atoms with Crippen LogP contribution in [0.1, 0.15) is 27.2 Å². The van der Waals surface area contributed by atoms with Gasteiger partial charge in [-0.1, -0.05) is 13.8 Å². The maximum absolute atomic E-state index is 12.1. The third-order valence-corrected chi connectivity index (χ3v) is 4.02. The number of aliphatic hydroxyl groups is 1. The van der Waals surface area contributed by atoms with Crippen molar-refractivity contribution in [3.63, 3.8) is 0 Å². The largest absolute Gasteiger partial charge is 0.480 e. The van der Waals surface area contributed by atoms with Crippen molar-refractivity contribution in [2.75, 3.05) is 13.2 Å². The zero-order chi connectivity index (χ0) is 14.8. The number of aliphatic hydroxyl groups excluding tert-OH is 1. The van der Waals surface area contributed by atoms with Gasteiger partial charge in [0.15, 0.2) is 0 Å². The fraction of sp³-hybridized carbons (Fsp3) is 0.833. The molecule has 0 bridgehead atoms. The van der Waals surface area contributed by atoms with Crippen molar-refractivity contribution < 1.29 is 24.5 Å². The predicted molar refractivity (Wildman–Crippen MR) is 67.4 cm³/mol. The highest BCUT2D eigenvalue weighted by Gasteiger charge is 2.63. The lowest BCUT2D eigenvalue weighted by atomic mass is 9.54. The summed E-state index contributed by atoms with van der Waals surface area (Å²) in [6, 6.07) is -1.34. The van der Waals surface area contributed by atoms with E-state index in [1.54, 1.807) is 0 Å². The average Bonchev–Trinajstić information content (AvgIpc) is 2.34. The van der Waals surface area contributed by atoms with Crippen LogP contribution in [0, 0.1) is 5.41 Å². The molecule has 0 aromatic rings. The van der Waals surface area contributed by atoms with Crippen LogP contribution < -0.4 is 11.1 Å².